The number of hydrogen-bond acceptors (Lipinski definition) is 5. The summed E-state index contributed by atoms with van der Waals surface area (Å²) in [7, 11) is 0. The Morgan fingerprint density at radius 1 is 1.03 bits per heavy atom. The Hall–Kier alpha value is -3.48. The first-order valence-electron chi connectivity index (χ1n) is 13.5. The highest BCUT2D eigenvalue weighted by atomic mass is 16.5. The molecule has 0 aliphatic carbocycles. The topological polar surface area (TPSA) is 73.3 Å². The molecule has 0 bridgehead atoms. The zero-order chi connectivity index (χ0) is 26.4. The molecule has 3 aromatic heterocycles. The van der Waals surface area contributed by atoms with E-state index in [4.69, 9.17) is 14.2 Å². The van der Waals surface area contributed by atoms with Crippen molar-refractivity contribution in [3.8, 4) is 11.1 Å². The second kappa shape index (κ2) is 9.68. The van der Waals surface area contributed by atoms with Crippen LogP contribution in [0.2, 0.25) is 0 Å². The molecule has 38 heavy (non-hydrogen) atoms. The number of benzene rings is 2. The summed E-state index contributed by atoms with van der Waals surface area (Å²) >= 11 is 0. The van der Waals surface area contributed by atoms with Crippen molar-refractivity contribution >= 4 is 21.9 Å². The van der Waals surface area contributed by atoms with Gasteiger partial charge in [0.25, 0.3) is 0 Å². The Morgan fingerprint density at radius 2 is 1.79 bits per heavy atom. The van der Waals surface area contributed by atoms with Gasteiger partial charge in [-0.05, 0) is 69.7 Å². The smallest absolute Gasteiger partial charge is 0.141 e. The molecule has 1 N–H and O–H groups in total. The van der Waals surface area contributed by atoms with Crippen molar-refractivity contribution in [2.45, 2.75) is 58.6 Å². The average Bonchev–Trinajstić information content (AvgIpc) is 3.40. The maximum absolute atomic E-state index is 10.6. The highest BCUT2D eigenvalue weighted by Gasteiger charge is 2.30. The largest absolute Gasteiger partial charge is 0.390 e. The van der Waals surface area contributed by atoms with E-state index in [1.54, 1.807) is 0 Å². The van der Waals surface area contributed by atoms with Crippen LogP contribution in [0.1, 0.15) is 55.3 Å². The van der Waals surface area contributed by atoms with Crippen LogP contribution < -0.4 is 0 Å². The minimum Gasteiger partial charge on any atom is -0.390 e. The standard InChI is InChI=1S/C32H35N3O3/c1-20-29(21(2)38-34-20)25-17-28-30(33-19-25)26-11-10-22(18-32(3,4)36)16-27(26)35(28)31(23-8-6-5-7-9-23)24-12-14-37-15-13-24/h5-11,16-17,19,24,31,36H,12-15,18H2,1-4H3. The van der Waals surface area contributed by atoms with Gasteiger partial charge < -0.3 is 18.9 Å². The van der Waals surface area contributed by atoms with E-state index < -0.39 is 5.60 Å². The molecular formula is C32H35N3O3. The lowest BCUT2D eigenvalue weighted by atomic mass is 9.86. The van der Waals surface area contributed by atoms with E-state index in [9.17, 15) is 5.11 Å². The Morgan fingerprint density at radius 3 is 2.47 bits per heavy atom. The highest BCUT2D eigenvalue weighted by molar-refractivity contribution is 6.07. The minimum atomic E-state index is -0.793. The Bertz CT molecular complexity index is 1570. The molecule has 0 radical (unpaired) electrons. The van der Waals surface area contributed by atoms with Gasteiger partial charge in [-0.3, -0.25) is 4.98 Å². The van der Waals surface area contributed by atoms with Crippen LogP contribution in [0.25, 0.3) is 33.1 Å². The second-order valence-electron chi connectivity index (χ2n) is 11.3. The van der Waals surface area contributed by atoms with Gasteiger partial charge in [-0.1, -0.05) is 47.6 Å². The van der Waals surface area contributed by atoms with Gasteiger partial charge in [-0.2, -0.15) is 0 Å². The lowest BCUT2D eigenvalue weighted by Gasteiger charge is -2.33. The van der Waals surface area contributed by atoms with Gasteiger partial charge in [0.05, 0.1) is 33.9 Å². The summed E-state index contributed by atoms with van der Waals surface area (Å²) in [6, 6.07) is 19.7. The first-order valence-corrected chi connectivity index (χ1v) is 13.5. The molecule has 196 valence electrons. The molecular weight excluding hydrogens is 474 g/mol. The molecule has 6 nitrogen and oxygen atoms in total. The van der Waals surface area contributed by atoms with Gasteiger partial charge in [0.2, 0.25) is 0 Å². The molecule has 0 spiro atoms. The summed E-state index contributed by atoms with van der Waals surface area (Å²) in [6.45, 7) is 9.20. The number of aliphatic hydroxyl groups is 1. The third-order valence-corrected chi connectivity index (χ3v) is 7.79. The summed E-state index contributed by atoms with van der Waals surface area (Å²) in [5.74, 6) is 1.22. The number of pyridine rings is 1. The first kappa shape index (κ1) is 24.8. The van der Waals surface area contributed by atoms with Gasteiger partial charge in [-0.15, -0.1) is 0 Å². The van der Waals surface area contributed by atoms with Crippen molar-refractivity contribution < 1.29 is 14.4 Å². The zero-order valence-electron chi connectivity index (χ0n) is 22.6. The molecule has 5 aromatic rings. The summed E-state index contributed by atoms with van der Waals surface area (Å²) in [5.41, 5.74) is 7.70. The van der Waals surface area contributed by atoms with Crippen LogP contribution >= 0.6 is 0 Å². The number of rotatable bonds is 6. The summed E-state index contributed by atoms with van der Waals surface area (Å²) in [5, 5.41) is 15.9. The normalized spacial score (nSPS) is 15.9. The minimum absolute atomic E-state index is 0.124. The molecule has 0 saturated carbocycles. The molecule has 6 rings (SSSR count). The van der Waals surface area contributed by atoms with Gasteiger partial charge in [0.15, 0.2) is 0 Å². The number of aryl methyl sites for hydroxylation is 2. The fraction of sp³-hybridized carbons (Fsp3) is 0.375. The summed E-state index contributed by atoms with van der Waals surface area (Å²) in [4.78, 5) is 5.03. The lowest BCUT2D eigenvalue weighted by Crippen LogP contribution is -2.27. The molecule has 6 heteroatoms. The summed E-state index contributed by atoms with van der Waals surface area (Å²) in [6.07, 6.45) is 4.52. The molecule has 1 aliphatic rings. The van der Waals surface area contributed by atoms with Crippen LogP contribution in [0.4, 0.5) is 0 Å². The van der Waals surface area contributed by atoms with Crippen LogP contribution in [0, 0.1) is 19.8 Å². The number of aromatic nitrogens is 3. The molecule has 1 saturated heterocycles. The molecule has 1 unspecified atom stereocenters. The number of ether oxygens (including phenoxy) is 1. The molecule has 1 atom stereocenters. The van der Waals surface area contributed by atoms with E-state index in [-0.39, 0.29) is 6.04 Å². The van der Waals surface area contributed by atoms with E-state index in [2.05, 4.69) is 64.3 Å². The zero-order valence-corrected chi connectivity index (χ0v) is 22.6. The van der Waals surface area contributed by atoms with E-state index in [0.717, 1.165) is 76.1 Å². The van der Waals surface area contributed by atoms with E-state index >= 15 is 0 Å². The average molecular weight is 510 g/mol. The third kappa shape index (κ3) is 4.52. The number of fused-ring (bicyclic) bond motifs is 3. The molecule has 1 fully saturated rings. The van der Waals surface area contributed by atoms with Crippen molar-refractivity contribution in [3.63, 3.8) is 0 Å². The Labute approximate surface area is 223 Å². The van der Waals surface area contributed by atoms with E-state index in [0.29, 0.717) is 12.3 Å². The predicted octanol–water partition coefficient (Wildman–Crippen LogP) is 6.79. The summed E-state index contributed by atoms with van der Waals surface area (Å²) < 4.78 is 13.8. The van der Waals surface area contributed by atoms with Gasteiger partial charge >= 0.3 is 0 Å². The molecule has 2 aromatic carbocycles. The molecule has 0 amide bonds. The maximum atomic E-state index is 10.6. The molecule has 4 heterocycles. The first-order chi connectivity index (χ1) is 18.3. The predicted molar refractivity (Wildman–Crippen MR) is 150 cm³/mol. The van der Waals surface area contributed by atoms with Crippen molar-refractivity contribution in [1.29, 1.82) is 0 Å². The van der Waals surface area contributed by atoms with Crippen LogP contribution in [0.5, 0.6) is 0 Å². The second-order valence-corrected chi connectivity index (χ2v) is 11.3. The number of nitrogens with zero attached hydrogens (tertiary/aromatic N) is 3. The fourth-order valence-electron chi connectivity index (χ4n) is 6.21. The molecule has 1 aliphatic heterocycles. The van der Waals surface area contributed by atoms with Crippen molar-refractivity contribution in [3.05, 3.63) is 83.4 Å². The van der Waals surface area contributed by atoms with Crippen molar-refractivity contribution in [1.82, 2.24) is 14.7 Å². The van der Waals surface area contributed by atoms with Crippen LogP contribution in [0.3, 0.4) is 0 Å². The SMILES string of the molecule is Cc1noc(C)c1-c1cnc2c3ccc(CC(C)(C)O)cc3n(C(c3ccccc3)C3CCOCC3)c2c1. The third-order valence-electron chi connectivity index (χ3n) is 7.79. The van der Waals surface area contributed by atoms with Crippen molar-refractivity contribution in [2.75, 3.05) is 13.2 Å². The fourth-order valence-corrected chi connectivity index (χ4v) is 6.21. The maximum Gasteiger partial charge on any atom is 0.141 e. The Kier molecular flexibility index (Phi) is 6.33. The van der Waals surface area contributed by atoms with E-state index in [1.165, 1.54) is 5.56 Å². The van der Waals surface area contributed by atoms with Gasteiger partial charge in [-0.25, -0.2) is 0 Å². The highest BCUT2D eigenvalue weighted by Crippen LogP contribution is 2.42. The van der Waals surface area contributed by atoms with Crippen molar-refractivity contribution in [2.24, 2.45) is 5.92 Å². The van der Waals surface area contributed by atoms with Crippen LogP contribution in [-0.2, 0) is 11.2 Å². The van der Waals surface area contributed by atoms with Crippen LogP contribution in [0.15, 0.2) is 65.3 Å². The van der Waals surface area contributed by atoms with Crippen LogP contribution in [-0.4, -0.2) is 38.6 Å². The number of hydrogen-bond donors (Lipinski definition) is 1. The monoisotopic (exact) mass is 509 g/mol. The lowest BCUT2D eigenvalue weighted by molar-refractivity contribution is 0.0552. The Balaban J connectivity index is 1.66. The van der Waals surface area contributed by atoms with Gasteiger partial charge in [0, 0.05) is 42.3 Å². The quantitative estimate of drug-likeness (QED) is 0.273. The van der Waals surface area contributed by atoms with E-state index in [1.807, 2.05) is 33.9 Å². The van der Waals surface area contributed by atoms with Gasteiger partial charge in [0.1, 0.15) is 5.76 Å².